The number of benzene rings is 1. The Morgan fingerprint density at radius 2 is 2.05 bits per heavy atom. The van der Waals surface area contributed by atoms with Crippen molar-refractivity contribution in [3.63, 3.8) is 0 Å². The van der Waals surface area contributed by atoms with E-state index < -0.39 is 12.0 Å². The molecule has 0 saturated carbocycles. The summed E-state index contributed by atoms with van der Waals surface area (Å²) in [6, 6.07) is 8.47. The molecule has 2 rings (SSSR count). The van der Waals surface area contributed by atoms with Crippen LogP contribution in [0.3, 0.4) is 0 Å². The van der Waals surface area contributed by atoms with E-state index in [-0.39, 0.29) is 12.1 Å². The minimum atomic E-state index is -0.931. The summed E-state index contributed by atoms with van der Waals surface area (Å²) >= 11 is 0. The lowest BCUT2D eigenvalue weighted by Gasteiger charge is -2.24. The molecule has 102 valence electrons. The van der Waals surface area contributed by atoms with E-state index in [2.05, 4.69) is 5.32 Å². The van der Waals surface area contributed by atoms with Crippen molar-refractivity contribution >= 4 is 12.0 Å². The van der Waals surface area contributed by atoms with Gasteiger partial charge in [0, 0.05) is 6.54 Å². The number of urea groups is 1. The molecule has 5 nitrogen and oxygen atoms in total. The summed E-state index contributed by atoms with van der Waals surface area (Å²) < 4.78 is 0. The molecule has 1 aromatic rings. The van der Waals surface area contributed by atoms with Gasteiger partial charge >= 0.3 is 12.0 Å². The minimum Gasteiger partial charge on any atom is -0.480 e. The third kappa shape index (κ3) is 3.05. The molecule has 5 heteroatoms. The lowest BCUT2D eigenvalue weighted by atomic mass is 10.1. The molecule has 0 bridgehead atoms. The molecule has 1 aliphatic rings. The zero-order valence-corrected chi connectivity index (χ0v) is 10.9. The van der Waals surface area contributed by atoms with Crippen LogP contribution in [0.5, 0.6) is 0 Å². The van der Waals surface area contributed by atoms with Gasteiger partial charge in [-0.25, -0.2) is 9.59 Å². The maximum absolute atomic E-state index is 12.1. The fourth-order valence-corrected chi connectivity index (χ4v) is 2.36. The monoisotopic (exact) mass is 262 g/mol. The van der Waals surface area contributed by atoms with Crippen molar-refractivity contribution in [2.45, 2.75) is 31.8 Å². The fraction of sp³-hybridized carbons (Fsp3) is 0.429. The van der Waals surface area contributed by atoms with Crippen molar-refractivity contribution in [2.75, 3.05) is 6.54 Å². The molecule has 0 spiro atoms. The maximum atomic E-state index is 12.1. The molecule has 19 heavy (non-hydrogen) atoms. The number of hydrogen-bond donors (Lipinski definition) is 2. The topological polar surface area (TPSA) is 69.6 Å². The average molecular weight is 262 g/mol. The van der Waals surface area contributed by atoms with Crippen LogP contribution in [0, 0.1) is 0 Å². The number of nitrogens with one attached hydrogen (secondary N) is 1. The Bertz CT molecular complexity index is 461. The Morgan fingerprint density at radius 3 is 2.68 bits per heavy atom. The predicted octanol–water partition coefficient (Wildman–Crippen LogP) is 2.01. The van der Waals surface area contributed by atoms with Gasteiger partial charge in [0.2, 0.25) is 0 Å². The van der Waals surface area contributed by atoms with Crippen LogP contribution in [-0.2, 0) is 4.79 Å². The van der Waals surface area contributed by atoms with Gasteiger partial charge in [-0.2, -0.15) is 0 Å². The molecule has 2 N–H and O–H groups in total. The van der Waals surface area contributed by atoms with Crippen LogP contribution in [-0.4, -0.2) is 34.6 Å². The van der Waals surface area contributed by atoms with Crippen LogP contribution in [0.25, 0.3) is 0 Å². The van der Waals surface area contributed by atoms with E-state index in [1.807, 2.05) is 37.3 Å². The van der Waals surface area contributed by atoms with Crippen LogP contribution < -0.4 is 5.32 Å². The van der Waals surface area contributed by atoms with E-state index in [4.69, 9.17) is 5.11 Å². The summed E-state index contributed by atoms with van der Waals surface area (Å²) in [5, 5.41) is 11.9. The second-order valence-corrected chi connectivity index (χ2v) is 4.77. The summed E-state index contributed by atoms with van der Waals surface area (Å²) in [5.41, 5.74) is 1.00. The van der Waals surface area contributed by atoms with Gasteiger partial charge in [0.1, 0.15) is 6.04 Å². The van der Waals surface area contributed by atoms with Gasteiger partial charge in [-0.1, -0.05) is 30.3 Å². The SMILES string of the molecule is CC(NC(=O)N1CCCC1C(=O)O)c1ccccc1. The smallest absolute Gasteiger partial charge is 0.326 e. The second-order valence-electron chi connectivity index (χ2n) is 4.77. The lowest BCUT2D eigenvalue weighted by molar-refractivity contribution is -0.141. The first-order valence-corrected chi connectivity index (χ1v) is 6.44. The first kappa shape index (κ1) is 13.4. The summed E-state index contributed by atoms with van der Waals surface area (Å²) in [4.78, 5) is 24.6. The average Bonchev–Trinajstić information content (AvgIpc) is 2.89. The zero-order chi connectivity index (χ0) is 13.8. The summed E-state index contributed by atoms with van der Waals surface area (Å²) in [6.07, 6.45) is 1.27. The van der Waals surface area contributed by atoms with E-state index in [1.165, 1.54) is 4.90 Å². The number of carboxylic acid groups (broad SMARTS) is 1. The number of carboxylic acids is 1. The molecule has 1 aliphatic heterocycles. The summed E-state index contributed by atoms with van der Waals surface area (Å²) in [6.45, 7) is 2.39. The van der Waals surface area contributed by atoms with Gasteiger partial charge in [0.25, 0.3) is 0 Å². The molecule has 0 radical (unpaired) electrons. The van der Waals surface area contributed by atoms with E-state index in [0.29, 0.717) is 13.0 Å². The Hall–Kier alpha value is -2.04. The molecule has 2 atom stereocenters. The molecular formula is C14H18N2O3. The highest BCUT2D eigenvalue weighted by Crippen LogP contribution is 2.19. The highest BCUT2D eigenvalue weighted by atomic mass is 16.4. The van der Waals surface area contributed by atoms with Gasteiger partial charge in [-0.3, -0.25) is 0 Å². The van der Waals surface area contributed by atoms with Gasteiger partial charge in [-0.05, 0) is 25.3 Å². The van der Waals surface area contributed by atoms with Crippen molar-refractivity contribution in [2.24, 2.45) is 0 Å². The third-order valence-corrected chi connectivity index (χ3v) is 3.44. The first-order chi connectivity index (χ1) is 9.09. The number of hydrogen-bond acceptors (Lipinski definition) is 2. The Labute approximate surface area is 112 Å². The van der Waals surface area contributed by atoms with Crippen molar-refractivity contribution in [1.82, 2.24) is 10.2 Å². The van der Waals surface area contributed by atoms with Crippen LogP contribution >= 0.6 is 0 Å². The number of likely N-dealkylation sites (tertiary alicyclic amines) is 1. The molecule has 1 fully saturated rings. The van der Waals surface area contributed by atoms with Crippen LogP contribution in [0.1, 0.15) is 31.4 Å². The van der Waals surface area contributed by atoms with Crippen LogP contribution in [0.4, 0.5) is 4.79 Å². The van der Waals surface area contributed by atoms with Gasteiger partial charge < -0.3 is 15.3 Å². The van der Waals surface area contributed by atoms with E-state index in [9.17, 15) is 9.59 Å². The van der Waals surface area contributed by atoms with E-state index in [1.54, 1.807) is 0 Å². The maximum Gasteiger partial charge on any atom is 0.326 e. The predicted molar refractivity (Wildman–Crippen MR) is 70.8 cm³/mol. The highest BCUT2D eigenvalue weighted by molar-refractivity contribution is 5.83. The molecule has 1 saturated heterocycles. The normalized spacial score (nSPS) is 20.1. The number of rotatable bonds is 3. The van der Waals surface area contributed by atoms with Crippen molar-refractivity contribution in [3.8, 4) is 0 Å². The van der Waals surface area contributed by atoms with Crippen molar-refractivity contribution in [3.05, 3.63) is 35.9 Å². The Kier molecular flexibility index (Phi) is 4.04. The molecular weight excluding hydrogens is 244 g/mol. The standard InChI is InChI=1S/C14H18N2O3/c1-10(11-6-3-2-4-7-11)15-14(19)16-9-5-8-12(16)13(17)18/h2-4,6-7,10,12H,5,8-9H2,1H3,(H,15,19)(H,17,18). The second kappa shape index (κ2) is 5.73. The molecule has 0 aromatic heterocycles. The van der Waals surface area contributed by atoms with Gasteiger partial charge in [0.05, 0.1) is 6.04 Å². The summed E-state index contributed by atoms with van der Waals surface area (Å²) in [5.74, 6) is -0.931. The fourth-order valence-electron chi connectivity index (χ4n) is 2.36. The van der Waals surface area contributed by atoms with Gasteiger partial charge in [-0.15, -0.1) is 0 Å². The summed E-state index contributed by atoms with van der Waals surface area (Å²) in [7, 11) is 0. The number of nitrogens with zero attached hydrogens (tertiary/aromatic N) is 1. The van der Waals surface area contributed by atoms with Crippen LogP contribution in [0.15, 0.2) is 30.3 Å². The number of amides is 2. The zero-order valence-electron chi connectivity index (χ0n) is 10.9. The largest absolute Gasteiger partial charge is 0.480 e. The van der Waals surface area contributed by atoms with E-state index in [0.717, 1.165) is 12.0 Å². The van der Waals surface area contributed by atoms with Crippen LogP contribution in [0.2, 0.25) is 0 Å². The minimum absolute atomic E-state index is 0.135. The molecule has 2 amide bonds. The lowest BCUT2D eigenvalue weighted by Crippen LogP contribution is -2.46. The van der Waals surface area contributed by atoms with Crippen molar-refractivity contribution in [1.29, 1.82) is 0 Å². The number of carbonyl (C=O) groups is 2. The Morgan fingerprint density at radius 1 is 1.37 bits per heavy atom. The van der Waals surface area contributed by atoms with E-state index >= 15 is 0 Å². The molecule has 0 aliphatic carbocycles. The molecule has 1 heterocycles. The Balaban J connectivity index is 1.99. The van der Waals surface area contributed by atoms with Gasteiger partial charge in [0.15, 0.2) is 0 Å². The number of aliphatic carboxylic acids is 1. The molecule has 1 aromatic carbocycles. The number of carbonyl (C=O) groups excluding carboxylic acids is 1. The quantitative estimate of drug-likeness (QED) is 0.875. The third-order valence-electron chi connectivity index (χ3n) is 3.44. The first-order valence-electron chi connectivity index (χ1n) is 6.44. The van der Waals surface area contributed by atoms with Crippen molar-refractivity contribution < 1.29 is 14.7 Å². The highest BCUT2D eigenvalue weighted by Gasteiger charge is 2.34. The molecule has 2 unspecified atom stereocenters.